The second-order valence-corrected chi connectivity index (χ2v) is 5.23. The number of nitrogens with one attached hydrogen (secondary N) is 1. The van der Waals surface area contributed by atoms with Crippen LogP contribution >= 0.6 is 0 Å². The topological polar surface area (TPSA) is 92.4 Å². The molecular formula is C13H24N2O3. The highest BCUT2D eigenvalue weighted by molar-refractivity contribution is 5.82. The van der Waals surface area contributed by atoms with E-state index in [1.807, 2.05) is 6.92 Å². The Morgan fingerprint density at radius 3 is 2.28 bits per heavy atom. The fourth-order valence-corrected chi connectivity index (χ4v) is 2.44. The summed E-state index contributed by atoms with van der Waals surface area (Å²) in [5.41, 5.74) is 4.83. The number of nitrogens with two attached hydrogens (primary N) is 1. The highest BCUT2D eigenvalue weighted by Crippen LogP contribution is 2.34. The first-order valence-electron chi connectivity index (χ1n) is 6.78. The Morgan fingerprint density at radius 2 is 1.83 bits per heavy atom. The number of carbonyl (C=O) groups is 2. The van der Waals surface area contributed by atoms with Crippen LogP contribution in [0.4, 0.5) is 0 Å². The van der Waals surface area contributed by atoms with Crippen molar-refractivity contribution in [2.24, 2.45) is 11.1 Å². The lowest BCUT2D eigenvalue weighted by atomic mass is 9.80. The first-order chi connectivity index (χ1) is 8.52. The van der Waals surface area contributed by atoms with Crippen molar-refractivity contribution >= 4 is 11.9 Å². The number of rotatable bonds is 5. The smallest absolute Gasteiger partial charge is 0.311 e. The van der Waals surface area contributed by atoms with E-state index in [-0.39, 0.29) is 12.5 Å². The SMILES string of the molecule is CCC(N)C(=O)NCC1(C(=O)O)CCCCCC1. The van der Waals surface area contributed by atoms with E-state index in [4.69, 9.17) is 5.73 Å². The van der Waals surface area contributed by atoms with Gasteiger partial charge in [0.15, 0.2) is 0 Å². The third-order valence-corrected chi connectivity index (χ3v) is 3.89. The molecule has 1 aliphatic rings. The Balaban J connectivity index is 2.62. The lowest BCUT2D eigenvalue weighted by Crippen LogP contribution is -2.47. The molecule has 5 nitrogen and oxygen atoms in total. The van der Waals surface area contributed by atoms with Gasteiger partial charge in [-0.05, 0) is 19.3 Å². The summed E-state index contributed by atoms with van der Waals surface area (Å²) in [5, 5.41) is 12.1. The molecule has 5 heteroatoms. The van der Waals surface area contributed by atoms with Crippen molar-refractivity contribution in [1.82, 2.24) is 5.32 Å². The molecule has 0 aromatic rings. The molecule has 0 aromatic heterocycles. The summed E-state index contributed by atoms with van der Waals surface area (Å²) in [6.45, 7) is 2.04. The molecule has 1 fully saturated rings. The van der Waals surface area contributed by atoms with Crippen LogP contribution in [-0.2, 0) is 9.59 Å². The zero-order chi connectivity index (χ0) is 13.6. The first kappa shape index (κ1) is 15.0. The Kier molecular flexibility index (Phi) is 5.59. The number of hydrogen-bond donors (Lipinski definition) is 3. The maximum absolute atomic E-state index is 11.6. The lowest BCUT2D eigenvalue weighted by Gasteiger charge is -2.28. The van der Waals surface area contributed by atoms with Crippen molar-refractivity contribution in [3.05, 3.63) is 0 Å². The fraction of sp³-hybridized carbons (Fsp3) is 0.846. The van der Waals surface area contributed by atoms with Gasteiger partial charge in [-0.2, -0.15) is 0 Å². The highest BCUT2D eigenvalue weighted by atomic mass is 16.4. The molecule has 104 valence electrons. The molecule has 0 saturated heterocycles. The van der Waals surface area contributed by atoms with E-state index in [9.17, 15) is 14.7 Å². The molecule has 1 aliphatic carbocycles. The Morgan fingerprint density at radius 1 is 1.28 bits per heavy atom. The summed E-state index contributed by atoms with van der Waals surface area (Å²) in [6, 6.07) is -0.540. The van der Waals surface area contributed by atoms with Gasteiger partial charge in [-0.25, -0.2) is 0 Å². The maximum Gasteiger partial charge on any atom is 0.311 e. The van der Waals surface area contributed by atoms with Gasteiger partial charge in [0, 0.05) is 6.54 Å². The Bertz CT molecular complexity index is 297. The quantitative estimate of drug-likeness (QED) is 0.646. The van der Waals surface area contributed by atoms with E-state index in [0.717, 1.165) is 25.7 Å². The average molecular weight is 256 g/mol. The largest absolute Gasteiger partial charge is 0.481 e. The molecule has 0 spiro atoms. The third kappa shape index (κ3) is 3.70. The molecule has 0 radical (unpaired) electrons. The molecule has 4 N–H and O–H groups in total. The van der Waals surface area contributed by atoms with Gasteiger partial charge in [-0.1, -0.05) is 32.6 Å². The minimum absolute atomic E-state index is 0.203. The number of hydrogen-bond acceptors (Lipinski definition) is 3. The molecule has 1 rings (SSSR count). The van der Waals surface area contributed by atoms with Crippen LogP contribution in [0.2, 0.25) is 0 Å². The van der Waals surface area contributed by atoms with Crippen molar-refractivity contribution < 1.29 is 14.7 Å². The molecule has 1 saturated carbocycles. The van der Waals surface area contributed by atoms with Crippen LogP contribution < -0.4 is 11.1 Å². The van der Waals surface area contributed by atoms with Gasteiger partial charge in [0.05, 0.1) is 11.5 Å². The van der Waals surface area contributed by atoms with E-state index in [2.05, 4.69) is 5.32 Å². The second kappa shape index (κ2) is 6.73. The molecule has 0 aliphatic heterocycles. The zero-order valence-electron chi connectivity index (χ0n) is 11.1. The Labute approximate surface area is 108 Å². The molecule has 0 bridgehead atoms. The fourth-order valence-electron chi connectivity index (χ4n) is 2.44. The van der Waals surface area contributed by atoms with E-state index in [1.54, 1.807) is 0 Å². The van der Waals surface area contributed by atoms with Crippen LogP contribution in [0.5, 0.6) is 0 Å². The summed E-state index contributed by atoms with van der Waals surface area (Å²) in [4.78, 5) is 23.1. The van der Waals surface area contributed by atoms with Crippen molar-refractivity contribution in [2.75, 3.05) is 6.54 Å². The Hall–Kier alpha value is -1.10. The van der Waals surface area contributed by atoms with Gasteiger partial charge in [0.2, 0.25) is 5.91 Å². The molecule has 18 heavy (non-hydrogen) atoms. The number of carbonyl (C=O) groups excluding carboxylic acids is 1. The van der Waals surface area contributed by atoms with Crippen LogP contribution in [0, 0.1) is 5.41 Å². The zero-order valence-corrected chi connectivity index (χ0v) is 11.1. The van der Waals surface area contributed by atoms with Crippen LogP contribution in [0.25, 0.3) is 0 Å². The first-order valence-corrected chi connectivity index (χ1v) is 6.78. The summed E-state index contributed by atoms with van der Waals surface area (Å²) in [7, 11) is 0. The molecular weight excluding hydrogens is 232 g/mol. The van der Waals surface area contributed by atoms with E-state index in [1.165, 1.54) is 0 Å². The second-order valence-electron chi connectivity index (χ2n) is 5.23. The van der Waals surface area contributed by atoms with Crippen LogP contribution in [0.1, 0.15) is 51.9 Å². The minimum atomic E-state index is -0.797. The summed E-state index contributed by atoms with van der Waals surface area (Å²) in [5.74, 6) is -1.04. The van der Waals surface area contributed by atoms with Gasteiger partial charge in [0.1, 0.15) is 0 Å². The average Bonchev–Trinajstić information content (AvgIpc) is 2.61. The molecule has 1 atom stereocenters. The van der Waals surface area contributed by atoms with Crippen LogP contribution in [0.3, 0.4) is 0 Å². The summed E-state index contributed by atoms with van der Waals surface area (Å²) < 4.78 is 0. The number of aliphatic carboxylic acids is 1. The van der Waals surface area contributed by atoms with Crippen LogP contribution in [0.15, 0.2) is 0 Å². The van der Waals surface area contributed by atoms with E-state index < -0.39 is 17.4 Å². The highest BCUT2D eigenvalue weighted by Gasteiger charge is 2.39. The van der Waals surface area contributed by atoms with Crippen molar-refractivity contribution in [2.45, 2.75) is 57.9 Å². The van der Waals surface area contributed by atoms with Crippen LogP contribution in [-0.4, -0.2) is 29.6 Å². The van der Waals surface area contributed by atoms with E-state index >= 15 is 0 Å². The standard InChI is InChI=1S/C13H24N2O3/c1-2-10(14)11(16)15-9-13(12(17)18)7-5-3-4-6-8-13/h10H,2-9,14H2,1H3,(H,15,16)(H,17,18). The van der Waals surface area contributed by atoms with Crippen molar-refractivity contribution in [3.63, 3.8) is 0 Å². The number of carboxylic acid groups (broad SMARTS) is 1. The molecule has 0 aromatic carbocycles. The molecule has 0 heterocycles. The van der Waals surface area contributed by atoms with Gasteiger partial charge >= 0.3 is 5.97 Å². The predicted octanol–water partition coefficient (Wildman–Crippen LogP) is 1.27. The normalized spacial score (nSPS) is 20.8. The molecule has 1 amide bonds. The third-order valence-electron chi connectivity index (χ3n) is 3.89. The van der Waals surface area contributed by atoms with Gasteiger partial charge in [0.25, 0.3) is 0 Å². The lowest BCUT2D eigenvalue weighted by molar-refractivity contribution is -0.149. The van der Waals surface area contributed by atoms with Gasteiger partial charge < -0.3 is 16.2 Å². The summed E-state index contributed by atoms with van der Waals surface area (Å²) in [6.07, 6.45) is 5.85. The predicted molar refractivity (Wildman–Crippen MR) is 69.0 cm³/mol. The van der Waals surface area contributed by atoms with Crippen molar-refractivity contribution in [1.29, 1.82) is 0 Å². The summed E-state index contributed by atoms with van der Waals surface area (Å²) >= 11 is 0. The van der Waals surface area contributed by atoms with Gasteiger partial charge in [-0.3, -0.25) is 9.59 Å². The maximum atomic E-state index is 11.6. The van der Waals surface area contributed by atoms with Crippen molar-refractivity contribution in [3.8, 4) is 0 Å². The van der Waals surface area contributed by atoms with Gasteiger partial charge in [-0.15, -0.1) is 0 Å². The monoisotopic (exact) mass is 256 g/mol. The van der Waals surface area contributed by atoms with E-state index in [0.29, 0.717) is 19.3 Å². The number of carboxylic acids is 1. The molecule has 1 unspecified atom stereocenters. The minimum Gasteiger partial charge on any atom is -0.481 e. The number of amides is 1.